The first-order valence-electron chi connectivity index (χ1n) is 7.80. The van der Waals surface area contributed by atoms with Crippen molar-refractivity contribution in [2.45, 2.75) is 9.79 Å². The second kappa shape index (κ2) is 7.80. The van der Waals surface area contributed by atoms with Crippen LogP contribution in [-0.4, -0.2) is 35.9 Å². The van der Waals surface area contributed by atoms with Gasteiger partial charge in [-0.1, -0.05) is 12.1 Å². The van der Waals surface area contributed by atoms with E-state index in [0.29, 0.717) is 0 Å². The predicted molar refractivity (Wildman–Crippen MR) is 105 cm³/mol. The summed E-state index contributed by atoms with van der Waals surface area (Å²) >= 11 is 0. The van der Waals surface area contributed by atoms with Crippen molar-refractivity contribution in [3.05, 3.63) is 48.5 Å². The van der Waals surface area contributed by atoms with E-state index in [-0.39, 0.29) is 21.8 Å². The van der Waals surface area contributed by atoms with Crippen LogP contribution in [0.3, 0.4) is 0 Å². The molecule has 0 saturated heterocycles. The second-order valence-electron chi connectivity index (χ2n) is 5.90. The minimum absolute atomic E-state index is 0.0556. The molecule has 0 fully saturated rings. The molecule has 4 N–H and O–H groups in total. The van der Waals surface area contributed by atoms with E-state index in [9.17, 15) is 35.6 Å². The number of azo groups is 1. The lowest BCUT2D eigenvalue weighted by molar-refractivity contribution is 0.445. The van der Waals surface area contributed by atoms with E-state index in [1.54, 1.807) is 0 Å². The quantitative estimate of drug-likeness (QED) is 0.246. The summed E-state index contributed by atoms with van der Waals surface area (Å²) in [5, 5.41) is 17.9. The molecular formula is C16H12N2O9PS2+. The van der Waals surface area contributed by atoms with Crippen LogP contribution in [0.5, 0.6) is 5.75 Å². The van der Waals surface area contributed by atoms with E-state index in [1.807, 2.05) is 0 Å². The van der Waals surface area contributed by atoms with Gasteiger partial charge in [0.25, 0.3) is 20.2 Å². The highest BCUT2D eigenvalue weighted by atomic mass is 32.2. The normalized spacial score (nSPS) is 13.1. The van der Waals surface area contributed by atoms with Crippen LogP contribution in [0.15, 0.2) is 68.6 Å². The number of benzene rings is 3. The molecule has 0 radical (unpaired) electrons. The molecule has 3 rings (SSSR count). The molecule has 1 unspecified atom stereocenters. The Hall–Kier alpha value is -2.80. The number of phenols is 1. The van der Waals surface area contributed by atoms with E-state index >= 15 is 0 Å². The van der Waals surface area contributed by atoms with Crippen molar-refractivity contribution < 1.29 is 40.5 Å². The molecule has 3 aromatic carbocycles. The number of nitrogens with zero attached hydrogens (tertiary/aromatic N) is 2. The molecule has 3 aromatic rings. The van der Waals surface area contributed by atoms with Crippen molar-refractivity contribution in [1.82, 2.24) is 0 Å². The van der Waals surface area contributed by atoms with Gasteiger partial charge in [-0.05, 0) is 40.3 Å². The molecule has 156 valence electrons. The van der Waals surface area contributed by atoms with E-state index < -0.39 is 49.5 Å². The molecule has 0 amide bonds. The Labute approximate surface area is 170 Å². The maximum Gasteiger partial charge on any atom is 0.546 e. The summed E-state index contributed by atoms with van der Waals surface area (Å²) in [5.41, 5.74) is -0.315. The zero-order valence-corrected chi connectivity index (χ0v) is 17.1. The zero-order valence-electron chi connectivity index (χ0n) is 14.6. The van der Waals surface area contributed by atoms with Crippen molar-refractivity contribution in [3.63, 3.8) is 0 Å². The molecule has 0 bridgehead atoms. The Bertz CT molecular complexity index is 1430. The lowest BCUT2D eigenvalue weighted by Gasteiger charge is -2.09. The minimum Gasteiger partial charge on any atom is -0.504 e. The van der Waals surface area contributed by atoms with Crippen LogP contribution >= 0.6 is 8.03 Å². The fraction of sp³-hybridized carbons (Fsp3) is 0. The zero-order chi connectivity index (χ0) is 22.3. The highest BCUT2D eigenvalue weighted by Gasteiger charge is 2.23. The molecular weight excluding hydrogens is 459 g/mol. The average molecular weight is 471 g/mol. The van der Waals surface area contributed by atoms with Gasteiger partial charge in [0, 0.05) is 11.5 Å². The van der Waals surface area contributed by atoms with E-state index in [0.717, 1.165) is 24.3 Å². The van der Waals surface area contributed by atoms with Gasteiger partial charge < -0.3 is 5.11 Å². The number of rotatable bonds is 5. The Morgan fingerprint density at radius 2 is 1.57 bits per heavy atom. The van der Waals surface area contributed by atoms with Crippen LogP contribution in [0, 0.1) is 0 Å². The van der Waals surface area contributed by atoms with Gasteiger partial charge in [0.2, 0.25) is 5.30 Å². The van der Waals surface area contributed by atoms with Crippen molar-refractivity contribution in [3.8, 4) is 5.75 Å². The number of aromatic hydroxyl groups is 1. The van der Waals surface area contributed by atoms with Crippen LogP contribution < -0.4 is 5.30 Å². The molecule has 0 aromatic heterocycles. The molecule has 1 atom stereocenters. The summed E-state index contributed by atoms with van der Waals surface area (Å²) < 4.78 is 75.7. The van der Waals surface area contributed by atoms with Crippen LogP contribution in [0.2, 0.25) is 0 Å². The number of hydrogen-bond acceptors (Lipinski definition) is 8. The van der Waals surface area contributed by atoms with Gasteiger partial charge in [-0.2, -0.15) is 26.8 Å². The molecule has 0 aliphatic carbocycles. The highest BCUT2D eigenvalue weighted by Crippen LogP contribution is 2.41. The van der Waals surface area contributed by atoms with Crippen molar-refractivity contribution in [2.75, 3.05) is 0 Å². The van der Waals surface area contributed by atoms with Gasteiger partial charge in [0.1, 0.15) is 10.6 Å². The third-order valence-electron chi connectivity index (χ3n) is 3.91. The van der Waals surface area contributed by atoms with Gasteiger partial charge in [-0.15, -0.1) is 5.11 Å². The molecule has 11 nitrogen and oxygen atoms in total. The Morgan fingerprint density at radius 1 is 0.867 bits per heavy atom. The maximum atomic E-state index is 11.6. The molecule has 30 heavy (non-hydrogen) atoms. The first-order valence-corrected chi connectivity index (χ1v) is 11.9. The highest BCUT2D eigenvalue weighted by molar-refractivity contribution is 7.86. The summed E-state index contributed by atoms with van der Waals surface area (Å²) in [7, 11) is -12.2. The second-order valence-corrected chi connectivity index (χ2v) is 9.77. The first-order chi connectivity index (χ1) is 13.9. The largest absolute Gasteiger partial charge is 0.546 e. The van der Waals surface area contributed by atoms with E-state index in [2.05, 4.69) is 10.2 Å². The van der Waals surface area contributed by atoms with Crippen molar-refractivity contribution in [2.24, 2.45) is 10.2 Å². The van der Waals surface area contributed by atoms with Crippen LogP contribution in [-0.2, 0) is 24.8 Å². The summed E-state index contributed by atoms with van der Waals surface area (Å²) in [6, 6.07) is 9.36. The lowest BCUT2D eigenvalue weighted by atomic mass is 10.1. The van der Waals surface area contributed by atoms with Crippen molar-refractivity contribution in [1.29, 1.82) is 0 Å². The molecule has 0 spiro atoms. The topological polar surface area (TPSA) is 191 Å². The third-order valence-corrected chi connectivity index (χ3v) is 6.35. The number of fused-ring (bicyclic) bond motifs is 1. The van der Waals surface area contributed by atoms with Gasteiger partial charge in [0.05, 0.1) is 10.6 Å². The molecule has 0 aliphatic rings. The van der Waals surface area contributed by atoms with Crippen LogP contribution in [0.25, 0.3) is 10.8 Å². The van der Waals surface area contributed by atoms with Gasteiger partial charge >= 0.3 is 8.03 Å². The summed E-state index contributed by atoms with van der Waals surface area (Å²) in [4.78, 5) is 7.66. The molecule has 0 aliphatic heterocycles. The van der Waals surface area contributed by atoms with Crippen molar-refractivity contribution >= 4 is 55.7 Å². The summed E-state index contributed by atoms with van der Waals surface area (Å²) in [5.74, 6) is -0.947. The average Bonchev–Trinajstić information content (AvgIpc) is 2.65. The number of phenolic OH excluding ortho intramolecular Hbond substituents is 1. The number of hydrogen-bond donors (Lipinski definition) is 4. The Kier molecular flexibility index (Phi) is 5.69. The van der Waals surface area contributed by atoms with E-state index in [1.165, 1.54) is 24.3 Å². The summed E-state index contributed by atoms with van der Waals surface area (Å²) in [6.45, 7) is 0. The SMILES string of the molecule is O=[P+](O)c1cccc(N=Nc2c(O)c(S(=O)(=O)O)cc3cc(S(=O)(=O)O)ccc23)c1. The molecule has 14 heteroatoms. The Morgan fingerprint density at radius 3 is 2.17 bits per heavy atom. The fourth-order valence-corrected chi connectivity index (χ4v) is 4.16. The standard InChI is InChI=1S/C16H11N2O9PS2/c19-16-14(30(25,26)27)7-9-6-12(29(22,23)24)4-5-13(9)15(16)18-17-10-2-1-3-11(8-10)28(20)21/h1-8H,(H3-,17,19,20,21,22,23,24,25,26,27)/p+1. The third kappa shape index (κ3) is 4.51. The van der Waals surface area contributed by atoms with Gasteiger partial charge in [-0.25, -0.2) is 0 Å². The van der Waals surface area contributed by atoms with Crippen LogP contribution in [0.1, 0.15) is 0 Å². The first kappa shape index (κ1) is 21.9. The summed E-state index contributed by atoms with van der Waals surface area (Å²) in [6.07, 6.45) is 0. The van der Waals surface area contributed by atoms with Crippen LogP contribution in [0.4, 0.5) is 11.4 Å². The molecule has 0 heterocycles. The maximum absolute atomic E-state index is 11.6. The monoisotopic (exact) mass is 471 g/mol. The van der Waals surface area contributed by atoms with Gasteiger partial charge in [-0.3, -0.25) is 9.11 Å². The molecule has 0 saturated carbocycles. The predicted octanol–water partition coefficient (Wildman–Crippen LogP) is 2.81. The van der Waals surface area contributed by atoms with E-state index in [4.69, 9.17) is 4.89 Å². The fourth-order valence-electron chi connectivity index (χ4n) is 2.57. The minimum atomic E-state index is -4.93. The smallest absolute Gasteiger partial charge is 0.504 e. The lowest BCUT2D eigenvalue weighted by Crippen LogP contribution is -2.00. The Balaban J connectivity index is 2.28. The van der Waals surface area contributed by atoms with Gasteiger partial charge in [0.15, 0.2) is 5.75 Å².